The van der Waals surface area contributed by atoms with Gasteiger partial charge in [-0.3, -0.25) is 10.5 Å². The van der Waals surface area contributed by atoms with Crippen LogP contribution in [0.4, 0.5) is 0 Å². The number of carbonyl (C=O) groups is 1. The highest BCUT2D eigenvalue weighted by Crippen LogP contribution is 1.95. The lowest BCUT2D eigenvalue weighted by atomic mass is 10.5. The van der Waals surface area contributed by atoms with Crippen LogP contribution < -0.4 is 5.73 Å². The molecule has 0 bridgehead atoms. The third-order valence-electron chi connectivity index (χ3n) is 1.01. The zero-order chi connectivity index (χ0) is 7.65. The summed E-state index contributed by atoms with van der Waals surface area (Å²) in [7, 11) is -3.34. The van der Waals surface area contributed by atoms with Crippen LogP contribution >= 0.6 is 0 Å². The number of sulfone groups is 1. The van der Waals surface area contributed by atoms with Crippen molar-refractivity contribution in [1.82, 2.24) is 5.73 Å². The molecule has 0 spiro atoms. The van der Waals surface area contributed by atoms with Gasteiger partial charge >= 0.3 is 0 Å². The molecule has 4 nitrogen and oxygen atoms in total. The molecular formula is C4H8NO3S. The number of nitrogens with one attached hydrogen (secondary N) is 1. The van der Waals surface area contributed by atoms with Gasteiger partial charge in [0, 0.05) is 6.26 Å². The molecule has 53 valence electrons. The van der Waals surface area contributed by atoms with Crippen LogP contribution in [0.3, 0.4) is 0 Å². The molecule has 1 atom stereocenters. The molecule has 1 N–H and O–H groups in total. The summed E-state index contributed by atoms with van der Waals surface area (Å²) in [5, 5.41) is -1.18. The van der Waals surface area contributed by atoms with Gasteiger partial charge in [-0.2, -0.15) is 0 Å². The standard InChI is InChI=1S/C4H8NO3S/c1-3(4(5)6)9(2,7)8/h3,5H,1-2H3. The number of hydrogen-bond donors (Lipinski definition) is 0. The van der Waals surface area contributed by atoms with Crippen molar-refractivity contribution >= 4 is 15.7 Å². The number of amides is 1. The average molecular weight is 150 g/mol. The highest BCUT2D eigenvalue weighted by Gasteiger charge is 2.20. The van der Waals surface area contributed by atoms with E-state index in [0.29, 0.717) is 0 Å². The van der Waals surface area contributed by atoms with Crippen LogP contribution in [0, 0.1) is 0 Å². The average Bonchev–Trinajstić information content (AvgIpc) is 1.62. The van der Waals surface area contributed by atoms with Gasteiger partial charge in [-0.25, -0.2) is 8.42 Å². The summed E-state index contributed by atoms with van der Waals surface area (Å²) in [6, 6.07) is 0. The predicted octanol–water partition coefficient (Wildman–Crippen LogP) is -0.771. The third-order valence-corrected chi connectivity index (χ3v) is 2.51. The van der Waals surface area contributed by atoms with Crippen LogP contribution in [-0.4, -0.2) is 25.8 Å². The molecular weight excluding hydrogens is 142 g/mol. The Balaban J connectivity index is 4.43. The first kappa shape index (κ1) is 8.42. The number of rotatable bonds is 2. The molecule has 0 aromatic rings. The maximum Gasteiger partial charge on any atom is 0.256 e. The molecule has 1 radical (unpaired) electrons. The second kappa shape index (κ2) is 2.34. The fourth-order valence-corrected chi connectivity index (χ4v) is 0.583. The summed E-state index contributed by atoms with van der Waals surface area (Å²) >= 11 is 0. The summed E-state index contributed by atoms with van der Waals surface area (Å²) in [6.45, 7) is 1.20. The van der Waals surface area contributed by atoms with E-state index in [1.54, 1.807) is 0 Å². The number of hydrogen-bond acceptors (Lipinski definition) is 3. The topological polar surface area (TPSA) is 75.0 Å². The van der Waals surface area contributed by atoms with Crippen molar-refractivity contribution < 1.29 is 13.2 Å². The van der Waals surface area contributed by atoms with Crippen molar-refractivity contribution in [2.75, 3.05) is 6.26 Å². The highest BCUT2D eigenvalue weighted by atomic mass is 32.2. The third kappa shape index (κ3) is 2.46. The molecule has 9 heavy (non-hydrogen) atoms. The van der Waals surface area contributed by atoms with Gasteiger partial charge in [0.05, 0.1) is 0 Å². The molecule has 5 heteroatoms. The Morgan fingerprint density at radius 2 is 1.89 bits per heavy atom. The van der Waals surface area contributed by atoms with Gasteiger partial charge in [-0.1, -0.05) is 0 Å². The van der Waals surface area contributed by atoms with Gasteiger partial charge in [0.1, 0.15) is 5.25 Å². The second-order valence-corrected chi connectivity index (χ2v) is 4.20. The maximum absolute atomic E-state index is 10.4. The lowest BCUT2D eigenvalue weighted by molar-refractivity contribution is -0.117. The highest BCUT2D eigenvalue weighted by molar-refractivity contribution is 7.92. The minimum Gasteiger partial charge on any atom is -0.272 e. The zero-order valence-electron chi connectivity index (χ0n) is 5.21. The van der Waals surface area contributed by atoms with Crippen molar-refractivity contribution in [3.8, 4) is 0 Å². The van der Waals surface area contributed by atoms with Gasteiger partial charge in [0.2, 0.25) is 0 Å². The summed E-state index contributed by atoms with van der Waals surface area (Å²) in [4.78, 5) is 10.1. The Morgan fingerprint density at radius 1 is 1.56 bits per heavy atom. The van der Waals surface area contributed by atoms with Gasteiger partial charge in [0.25, 0.3) is 5.91 Å². The van der Waals surface area contributed by atoms with Crippen LogP contribution in [0.2, 0.25) is 0 Å². The Kier molecular flexibility index (Phi) is 2.19. The Hall–Kier alpha value is -0.580. The number of carbonyl (C=O) groups excluding carboxylic acids is 1. The van der Waals surface area contributed by atoms with Crippen LogP contribution in [0.1, 0.15) is 6.92 Å². The molecule has 0 rings (SSSR count). The normalized spacial score (nSPS) is 14.9. The van der Waals surface area contributed by atoms with E-state index in [1.165, 1.54) is 6.92 Å². The molecule has 0 aromatic carbocycles. The molecule has 0 aliphatic rings. The van der Waals surface area contributed by atoms with E-state index < -0.39 is 21.0 Å². The van der Waals surface area contributed by atoms with Gasteiger partial charge < -0.3 is 0 Å². The van der Waals surface area contributed by atoms with Crippen molar-refractivity contribution in [2.24, 2.45) is 0 Å². The van der Waals surface area contributed by atoms with Crippen LogP contribution in [-0.2, 0) is 14.6 Å². The summed E-state index contributed by atoms with van der Waals surface area (Å²) < 4.78 is 20.9. The summed E-state index contributed by atoms with van der Waals surface area (Å²) in [6.07, 6.45) is 0.935. The maximum atomic E-state index is 10.4. The summed E-state index contributed by atoms with van der Waals surface area (Å²) in [5.74, 6) is -1.06. The fourth-order valence-electron chi connectivity index (χ4n) is 0.194. The summed E-state index contributed by atoms with van der Waals surface area (Å²) in [5.41, 5.74) is 6.42. The van der Waals surface area contributed by atoms with E-state index in [4.69, 9.17) is 5.73 Å². The van der Waals surface area contributed by atoms with Crippen LogP contribution in [0.25, 0.3) is 0 Å². The molecule has 1 amide bonds. The minimum atomic E-state index is -3.34. The SMILES string of the molecule is CC(C([NH])=O)S(C)(=O)=O. The van der Waals surface area contributed by atoms with Crippen LogP contribution in [0.15, 0.2) is 0 Å². The fraction of sp³-hybridized carbons (Fsp3) is 0.750. The minimum absolute atomic E-state index is 0.935. The predicted molar refractivity (Wildman–Crippen MR) is 32.4 cm³/mol. The first-order valence-electron chi connectivity index (χ1n) is 2.30. The Morgan fingerprint density at radius 3 is 1.89 bits per heavy atom. The Bertz CT molecular complexity index is 206. The first-order chi connectivity index (χ1) is 3.85. The molecule has 0 saturated carbocycles. The molecule has 0 aliphatic heterocycles. The molecule has 0 aliphatic carbocycles. The zero-order valence-corrected chi connectivity index (χ0v) is 6.03. The van der Waals surface area contributed by atoms with E-state index in [2.05, 4.69) is 0 Å². The van der Waals surface area contributed by atoms with Crippen LogP contribution in [0.5, 0.6) is 0 Å². The van der Waals surface area contributed by atoms with Gasteiger partial charge in [-0.05, 0) is 6.92 Å². The Labute approximate surface area is 54.0 Å². The molecule has 1 unspecified atom stereocenters. The van der Waals surface area contributed by atoms with Crippen molar-refractivity contribution in [2.45, 2.75) is 12.2 Å². The molecule has 0 heterocycles. The van der Waals surface area contributed by atoms with Crippen molar-refractivity contribution in [3.05, 3.63) is 0 Å². The molecule has 0 saturated heterocycles. The van der Waals surface area contributed by atoms with Gasteiger partial charge in [0.15, 0.2) is 9.84 Å². The van der Waals surface area contributed by atoms with E-state index in [9.17, 15) is 13.2 Å². The van der Waals surface area contributed by atoms with E-state index >= 15 is 0 Å². The molecule has 0 aromatic heterocycles. The lowest BCUT2D eigenvalue weighted by Crippen LogP contribution is -2.26. The van der Waals surface area contributed by atoms with E-state index in [0.717, 1.165) is 6.26 Å². The van der Waals surface area contributed by atoms with Crippen molar-refractivity contribution in [3.63, 3.8) is 0 Å². The quantitative estimate of drug-likeness (QED) is 0.518. The van der Waals surface area contributed by atoms with E-state index in [1.807, 2.05) is 0 Å². The van der Waals surface area contributed by atoms with E-state index in [-0.39, 0.29) is 0 Å². The second-order valence-electron chi connectivity index (χ2n) is 1.84. The monoisotopic (exact) mass is 150 g/mol. The first-order valence-corrected chi connectivity index (χ1v) is 4.25. The molecule has 0 fully saturated rings. The smallest absolute Gasteiger partial charge is 0.256 e. The van der Waals surface area contributed by atoms with Crippen molar-refractivity contribution in [1.29, 1.82) is 0 Å². The largest absolute Gasteiger partial charge is 0.272 e. The van der Waals surface area contributed by atoms with Gasteiger partial charge in [-0.15, -0.1) is 0 Å². The lowest BCUT2D eigenvalue weighted by Gasteiger charge is -2.00.